The molecule has 1 aliphatic heterocycles. The molecule has 3 heterocycles. The lowest BCUT2D eigenvalue weighted by atomic mass is 9.94. The van der Waals surface area contributed by atoms with Gasteiger partial charge in [-0.25, -0.2) is 14.4 Å². The molecule has 0 spiro atoms. The number of carbonyl (C=O) groups is 1. The van der Waals surface area contributed by atoms with E-state index < -0.39 is 0 Å². The third-order valence-corrected chi connectivity index (χ3v) is 5.91. The van der Waals surface area contributed by atoms with Crippen LogP contribution in [-0.2, 0) is 6.54 Å². The molecule has 0 unspecified atom stereocenters. The van der Waals surface area contributed by atoms with E-state index >= 15 is 0 Å². The van der Waals surface area contributed by atoms with Crippen LogP contribution in [-0.4, -0.2) is 43.4 Å². The zero-order valence-corrected chi connectivity index (χ0v) is 18.5. The highest BCUT2D eigenvalue weighted by Crippen LogP contribution is 2.33. The molecule has 1 fully saturated rings. The van der Waals surface area contributed by atoms with Gasteiger partial charge in [0.25, 0.3) is 5.91 Å². The Labute approximate surface area is 196 Å². The van der Waals surface area contributed by atoms with E-state index in [2.05, 4.69) is 15.0 Å². The van der Waals surface area contributed by atoms with Gasteiger partial charge in [-0.05, 0) is 54.8 Å². The van der Waals surface area contributed by atoms with Crippen LogP contribution in [0.15, 0.2) is 79.6 Å². The SMILES string of the molecule is O=C(c1cccc(Cn2ccnc2)c1)N1CCC[C@H](c2nccnc2Oc2ccc(F)cc2)C1. The molecule has 7 nitrogen and oxygen atoms in total. The minimum atomic E-state index is -0.331. The van der Waals surface area contributed by atoms with Gasteiger partial charge in [0.15, 0.2) is 0 Å². The zero-order valence-electron chi connectivity index (χ0n) is 18.5. The van der Waals surface area contributed by atoms with Crippen molar-refractivity contribution in [2.24, 2.45) is 0 Å². The summed E-state index contributed by atoms with van der Waals surface area (Å²) in [5, 5.41) is 0. The van der Waals surface area contributed by atoms with Crippen LogP contribution in [0.2, 0.25) is 0 Å². The first-order valence-electron chi connectivity index (χ1n) is 11.2. The number of ether oxygens (including phenoxy) is 1. The van der Waals surface area contributed by atoms with Crippen molar-refractivity contribution in [3.8, 4) is 11.6 Å². The molecule has 172 valence electrons. The van der Waals surface area contributed by atoms with Crippen molar-refractivity contribution < 1.29 is 13.9 Å². The minimum absolute atomic E-state index is 0.00192. The third kappa shape index (κ3) is 4.96. The fraction of sp³-hybridized carbons (Fsp3) is 0.231. The normalized spacial score (nSPS) is 15.8. The Morgan fingerprint density at radius 2 is 1.94 bits per heavy atom. The average molecular weight is 458 g/mol. The van der Waals surface area contributed by atoms with E-state index in [0.29, 0.717) is 42.5 Å². The van der Waals surface area contributed by atoms with Crippen molar-refractivity contribution in [2.75, 3.05) is 13.1 Å². The smallest absolute Gasteiger partial charge is 0.253 e. The van der Waals surface area contributed by atoms with Gasteiger partial charge in [0.2, 0.25) is 5.88 Å². The molecular formula is C26H24FN5O2. The van der Waals surface area contributed by atoms with E-state index in [4.69, 9.17) is 4.74 Å². The summed E-state index contributed by atoms with van der Waals surface area (Å²) in [6.45, 7) is 1.88. The summed E-state index contributed by atoms with van der Waals surface area (Å²) in [6.07, 6.45) is 10.3. The Hall–Kier alpha value is -4.07. The Morgan fingerprint density at radius 3 is 2.76 bits per heavy atom. The van der Waals surface area contributed by atoms with Gasteiger partial charge in [0, 0.05) is 55.9 Å². The van der Waals surface area contributed by atoms with E-state index in [1.54, 1.807) is 37.1 Å². The van der Waals surface area contributed by atoms with Gasteiger partial charge in [-0.1, -0.05) is 12.1 Å². The molecule has 34 heavy (non-hydrogen) atoms. The molecule has 1 aliphatic rings. The fourth-order valence-electron chi connectivity index (χ4n) is 4.27. The van der Waals surface area contributed by atoms with Crippen LogP contribution in [0, 0.1) is 5.82 Å². The number of imidazole rings is 1. The number of amides is 1. The van der Waals surface area contributed by atoms with E-state index in [9.17, 15) is 9.18 Å². The van der Waals surface area contributed by atoms with Gasteiger partial charge >= 0.3 is 0 Å². The summed E-state index contributed by atoms with van der Waals surface area (Å²) >= 11 is 0. The highest BCUT2D eigenvalue weighted by atomic mass is 19.1. The predicted molar refractivity (Wildman–Crippen MR) is 124 cm³/mol. The number of piperidine rings is 1. The van der Waals surface area contributed by atoms with Crippen molar-refractivity contribution in [3.63, 3.8) is 0 Å². The molecule has 2 aromatic heterocycles. The molecule has 2 aromatic carbocycles. The number of benzene rings is 2. The summed E-state index contributed by atoms with van der Waals surface area (Å²) < 4.78 is 21.1. The van der Waals surface area contributed by atoms with Crippen LogP contribution >= 0.6 is 0 Å². The number of hydrogen-bond donors (Lipinski definition) is 0. The lowest BCUT2D eigenvalue weighted by Gasteiger charge is -2.33. The van der Waals surface area contributed by atoms with Gasteiger partial charge < -0.3 is 14.2 Å². The summed E-state index contributed by atoms with van der Waals surface area (Å²) in [6, 6.07) is 13.5. The Bertz CT molecular complexity index is 1260. The number of nitrogens with zero attached hydrogens (tertiary/aromatic N) is 5. The first-order chi connectivity index (χ1) is 16.7. The van der Waals surface area contributed by atoms with E-state index in [1.165, 1.54) is 12.1 Å². The van der Waals surface area contributed by atoms with Crippen LogP contribution in [0.4, 0.5) is 4.39 Å². The molecule has 5 rings (SSSR count). The maximum Gasteiger partial charge on any atom is 0.253 e. The predicted octanol–water partition coefficient (Wildman–Crippen LogP) is 4.67. The van der Waals surface area contributed by atoms with Crippen LogP contribution in [0.5, 0.6) is 11.6 Å². The van der Waals surface area contributed by atoms with E-state index in [-0.39, 0.29) is 17.6 Å². The highest BCUT2D eigenvalue weighted by molar-refractivity contribution is 5.94. The molecule has 1 atom stereocenters. The molecular weight excluding hydrogens is 433 g/mol. The third-order valence-electron chi connectivity index (χ3n) is 5.91. The van der Waals surface area contributed by atoms with Gasteiger partial charge in [0.05, 0.1) is 6.33 Å². The van der Waals surface area contributed by atoms with Crippen molar-refractivity contribution >= 4 is 5.91 Å². The Balaban J connectivity index is 1.32. The van der Waals surface area contributed by atoms with E-state index in [1.807, 2.05) is 39.9 Å². The minimum Gasteiger partial charge on any atom is -0.437 e. The van der Waals surface area contributed by atoms with E-state index in [0.717, 1.165) is 18.4 Å². The summed E-state index contributed by atoms with van der Waals surface area (Å²) in [4.78, 5) is 28.2. The molecule has 0 saturated carbocycles. The average Bonchev–Trinajstić information content (AvgIpc) is 3.39. The lowest BCUT2D eigenvalue weighted by molar-refractivity contribution is 0.0704. The molecule has 0 N–H and O–H groups in total. The van der Waals surface area contributed by atoms with Crippen molar-refractivity contribution in [3.05, 3.63) is 102 Å². The van der Waals surface area contributed by atoms with Crippen molar-refractivity contribution in [1.82, 2.24) is 24.4 Å². The summed E-state index contributed by atoms with van der Waals surface area (Å²) in [5.41, 5.74) is 2.42. The largest absolute Gasteiger partial charge is 0.437 e. The molecule has 1 saturated heterocycles. The van der Waals surface area contributed by atoms with Gasteiger partial charge in [0.1, 0.15) is 17.3 Å². The molecule has 0 aliphatic carbocycles. The standard InChI is InChI=1S/C26H24FN5O2/c27-22-6-8-23(9-7-22)34-25-24(29-10-11-30-25)21-5-2-13-32(17-21)26(33)20-4-1-3-19(15-20)16-31-14-12-28-18-31/h1,3-4,6-12,14-15,18,21H,2,5,13,16-17H2/t21-/m0/s1. The number of likely N-dealkylation sites (tertiary alicyclic amines) is 1. The number of carbonyl (C=O) groups excluding carboxylic acids is 1. The van der Waals surface area contributed by atoms with Crippen LogP contribution in [0.1, 0.15) is 40.4 Å². The van der Waals surface area contributed by atoms with Gasteiger partial charge in [-0.15, -0.1) is 0 Å². The van der Waals surface area contributed by atoms with Gasteiger partial charge in [-0.3, -0.25) is 9.78 Å². The number of halogens is 1. The zero-order chi connectivity index (χ0) is 23.3. The van der Waals surface area contributed by atoms with Crippen LogP contribution in [0.25, 0.3) is 0 Å². The number of rotatable bonds is 6. The maximum atomic E-state index is 13.3. The second-order valence-corrected chi connectivity index (χ2v) is 8.33. The topological polar surface area (TPSA) is 73.1 Å². The van der Waals surface area contributed by atoms with Crippen molar-refractivity contribution in [2.45, 2.75) is 25.3 Å². The Kier molecular flexibility index (Phi) is 6.29. The van der Waals surface area contributed by atoms with Gasteiger partial charge in [-0.2, -0.15) is 0 Å². The first-order valence-corrected chi connectivity index (χ1v) is 11.2. The second kappa shape index (κ2) is 9.82. The van der Waals surface area contributed by atoms with Crippen LogP contribution in [0.3, 0.4) is 0 Å². The van der Waals surface area contributed by atoms with Crippen molar-refractivity contribution in [1.29, 1.82) is 0 Å². The second-order valence-electron chi connectivity index (χ2n) is 8.33. The fourth-order valence-corrected chi connectivity index (χ4v) is 4.27. The first kappa shape index (κ1) is 21.8. The molecule has 4 aromatic rings. The Morgan fingerprint density at radius 1 is 1.09 bits per heavy atom. The number of aromatic nitrogens is 4. The summed E-state index contributed by atoms with van der Waals surface area (Å²) in [5.74, 6) is 0.539. The van der Waals surface area contributed by atoms with Crippen LogP contribution < -0.4 is 4.74 Å². The summed E-state index contributed by atoms with van der Waals surface area (Å²) in [7, 11) is 0. The number of hydrogen-bond acceptors (Lipinski definition) is 5. The maximum absolute atomic E-state index is 13.3. The molecule has 0 bridgehead atoms. The molecule has 8 heteroatoms. The lowest BCUT2D eigenvalue weighted by Crippen LogP contribution is -2.39. The quantitative estimate of drug-likeness (QED) is 0.421. The monoisotopic (exact) mass is 457 g/mol. The molecule has 0 radical (unpaired) electrons. The molecule has 1 amide bonds. The highest BCUT2D eigenvalue weighted by Gasteiger charge is 2.29.